The summed E-state index contributed by atoms with van der Waals surface area (Å²) in [5, 5.41) is 10.4. The van der Waals surface area contributed by atoms with Gasteiger partial charge < -0.3 is 35.5 Å². The number of ether oxygens (including phenoxy) is 3. The minimum absolute atomic E-state index is 0.0989. The average Bonchev–Trinajstić information content (AvgIpc) is 3.51. The van der Waals surface area contributed by atoms with E-state index in [1.54, 1.807) is 38.5 Å². The number of primary amides is 1. The number of nitrogens with one attached hydrogen (secondary N) is 2. The number of amides is 2. The van der Waals surface area contributed by atoms with Gasteiger partial charge in [0.15, 0.2) is 5.69 Å². The normalized spacial score (nSPS) is 13.4. The van der Waals surface area contributed by atoms with Crippen LogP contribution in [0.25, 0.3) is 5.69 Å². The molecule has 4 N–H and O–H groups in total. The summed E-state index contributed by atoms with van der Waals surface area (Å²) in [4.78, 5) is 34.8. The van der Waals surface area contributed by atoms with Gasteiger partial charge in [-0.05, 0) is 48.0 Å². The Morgan fingerprint density at radius 2 is 1.74 bits per heavy atom. The molecule has 5 rings (SSSR count). The van der Waals surface area contributed by atoms with E-state index >= 15 is 0 Å². The SMILES string of the molecule is COCCN1CCN(c2ccc(Nc3cnn(-c4ccc(CNC(=O)c5cc(F)ccc5OC)cc4)c3C(N)=O)nc2COC)CC1. The average molecular weight is 647 g/mol. The molecule has 2 amide bonds. The maximum Gasteiger partial charge on any atom is 0.269 e. The zero-order valence-corrected chi connectivity index (χ0v) is 26.7. The molecule has 1 fully saturated rings. The number of piperazine rings is 1. The molecule has 47 heavy (non-hydrogen) atoms. The molecule has 14 heteroatoms. The summed E-state index contributed by atoms with van der Waals surface area (Å²) in [5.41, 5.74) is 9.58. The largest absolute Gasteiger partial charge is 0.496 e. The van der Waals surface area contributed by atoms with Gasteiger partial charge in [-0.2, -0.15) is 5.10 Å². The van der Waals surface area contributed by atoms with Crippen LogP contribution in [0.3, 0.4) is 0 Å². The number of benzene rings is 2. The number of nitrogens with two attached hydrogens (primary N) is 1. The van der Waals surface area contributed by atoms with Crippen LogP contribution in [-0.2, 0) is 22.6 Å². The number of hydrogen-bond donors (Lipinski definition) is 3. The third-order valence-corrected chi connectivity index (χ3v) is 7.86. The quantitative estimate of drug-likeness (QED) is 0.187. The van der Waals surface area contributed by atoms with Crippen molar-refractivity contribution in [2.75, 3.05) is 70.9 Å². The number of nitrogens with zero attached hydrogens (tertiary/aromatic N) is 5. The summed E-state index contributed by atoms with van der Waals surface area (Å²) in [6, 6.07) is 14.7. The van der Waals surface area contributed by atoms with E-state index in [2.05, 4.69) is 25.5 Å². The molecule has 0 radical (unpaired) electrons. The fraction of sp³-hybridized carbons (Fsp3) is 0.333. The van der Waals surface area contributed by atoms with Crippen LogP contribution >= 0.6 is 0 Å². The van der Waals surface area contributed by atoms with Gasteiger partial charge in [0.25, 0.3) is 11.8 Å². The predicted molar refractivity (Wildman–Crippen MR) is 175 cm³/mol. The Kier molecular flexibility index (Phi) is 11.0. The molecule has 0 unspecified atom stereocenters. The highest BCUT2D eigenvalue weighted by Gasteiger charge is 2.22. The Bertz CT molecular complexity index is 1690. The van der Waals surface area contributed by atoms with Crippen molar-refractivity contribution in [1.29, 1.82) is 0 Å². The van der Waals surface area contributed by atoms with Crippen molar-refractivity contribution in [3.8, 4) is 11.4 Å². The van der Waals surface area contributed by atoms with E-state index in [1.807, 2.05) is 12.1 Å². The number of hydrogen-bond acceptors (Lipinski definition) is 10. The lowest BCUT2D eigenvalue weighted by Gasteiger charge is -2.36. The Balaban J connectivity index is 1.28. The monoisotopic (exact) mass is 646 g/mol. The lowest BCUT2D eigenvalue weighted by Crippen LogP contribution is -2.47. The van der Waals surface area contributed by atoms with Crippen LogP contribution < -0.4 is 26.0 Å². The summed E-state index contributed by atoms with van der Waals surface area (Å²) in [6.07, 6.45) is 1.52. The number of carbonyl (C=O) groups is 2. The van der Waals surface area contributed by atoms with Crippen LogP contribution in [0.5, 0.6) is 5.75 Å². The number of anilines is 3. The molecule has 13 nitrogen and oxygen atoms in total. The molecule has 0 atom stereocenters. The van der Waals surface area contributed by atoms with Crippen molar-refractivity contribution < 1.29 is 28.2 Å². The predicted octanol–water partition coefficient (Wildman–Crippen LogP) is 3.10. The molecule has 0 spiro atoms. The molecule has 0 bridgehead atoms. The molecule has 2 aromatic carbocycles. The van der Waals surface area contributed by atoms with Crippen molar-refractivity contribution in [2.24, 2.45) is 5.73 Å². The minimum Gasteiger partial charge on any atom is -0.496 e. The van der Waals surface area contributed by atoms with Crippen molar-refractivity contribution in [2.45, 2.75) is 13.2 Å². The first-order valence-electron chi connectivity index (χ1n) is 15.1. The lowest BCUT2D eigenvalue weighted by atomic mass is 10.1. The van der Waals surface area contributed by atoms with Crippen LogP contribution in [0.2, 0.25) is 0 Å². The molecular weight excluding hydrogens is 607 g/mol. The molecule has 0 aliphatic carbocycles. The molecule has 0 saturated carbocycles. The molecule has 4 aromatic rings. The second-order valence-electron chi connectivity index (χ2n) is 10.9. The van der Waals surface area contributed by atoms with Crippen molar-refractivity contribution in [3.05, 3.63) is 89.1 Å². The third-order valence-electron chi connectivity index (χ3n) is 7.86. The van der Waals surface area contributed by atoms with Crippen LogP contribution in [0, 0.1) is 5.82 Å². The zero-order valence-electron chi connectivity index (χ0n) is 26.7. The number of aromatic nitrogens is 3. The fourth-order valence-corrected chi connectivity index (χ4v) is 5.43. The molecule has 3 heterocycles. The van der Waals surface area contributed by atoms with Gasteiger partial charge in [0, 0.05) is 53.5 Å². The van der Waals surface area contributed by atoms with Gasteiger partial charge in [-0.15, -0.1) is 0 Å². The third kappa shape index (κ3) is 8.03. The maximum atomic E-state index is 13.7. The molecule has 1 saturated heterocycles. The van der Waals surface area contributed by atoms with E-state index in [9.17, 15) is 14.0 Å². The van der Waals surface area contributed by atoms with Gasteiger partial charge >= 0.3 is 0 Å². The number of pyridine rings is 1. The summed E-state index contributed by atoms with van der Waals surface area (Å²) < 4.78 is 31.0. The van der Waals surface area contributed by atoms with Crippen molar-refractivity contribution in [3.63, 3.8) is 0 Å². The maximum absolute atomic E-state index is 13.7. The highest BCUT2D eigenvalue weighted by molar-refractivity contribution is 5.98. The Labute approximate surface area is 272 Å². The van der Waals surface area contributed by atoms with E-state index < -0.39 is 17.6 Å². The molecule has 2 aromatic heterocycles. The highest BCUT2D eigenvalue weighted by Crippen LogP contribution is 2.27. The first-order chi connectivity index (χ1) is 22.8. The van der Waals surface area contributed by atoms with Crippen LogP contribution in [0.1, 0.15) is 32.1 Å². The molecular formula is C33H39FN8O5. The second kappa shape index (κ2) is 15.5. The summed E-state index contributed by atoms with van der Waals surface area (Å²) in [5.74, 6) is -0.895. The Hall–Kier alpha value is -5.05. The van der Waals surface area contributed by atoms with E-state index in [-0.39, 0.29) is 23.6 Å². The Morgan fingerprint density at radius 3 is 2.43 bits per heavy atom. The number of halogens is 1. The molecule has 1 aliphatic rings. The molecule has 1 aliphatic heterocycles. The first kappa shape index (κ1) is 33.3. The van der Waals surface area contributed by atoms with E-state index in [4.69, 9.17) is 24.9 Å². The van der Waals surface area contributed by atoms with Crippen LogP contribution in [0.15, 0.2) is 60.8 Å². The highest BCUT2D eigenvalue weighted by atomic mass is 19.1. The van der Waals surface area contributed by atoms with Crippen molar-refractivity contribution >= 4 is 29.0 Å². The van der Waals surface area contributed by atoms with E-state index in [0.717, 1.165) is 55.7 Å². The number of carbonyl (C=O) groups excluding carboxylic acids is 2. The summed E-state index contributed by atoms with van der Waals surface area (Å²) in [7, 11) is 4.76. The number of methoxy groups -OCH3 is 3. The standard InChI is InChI=1S/C33H39FN8O5/c1-45-17-16-40-12-14-41(15-13-40)28-9-11-30(39-27(28)21-46-2)38-26-20-37-42(31(26)32(35)43)24-7-4-22(5-8-24)19-36-33(44)25-18-23(34)6-10-29(25)47-3/h4-11,18,20H,12-17,19,21H2,1-3H3,(H2,35,43)(H,36,44)(H,38,39). The first-order valence-corrected chi connectivity index (χ1v) is 15.1. The second-order valence-corrected chi connectivity index (χ2v) is 10.9. The van der Waals surface area contributed by atoms with E-state index in [0.29, 0.717) is 30.4 Å². The summed E-state index contributed by atoms with van der Waals surface area (Å²) in [6.45, 7) is 5.69. The van der Waals surface area contributed by atoms with E-state index in [1.165, 1.54) is 30.1 Å². The number of rotatable bonds is 14. The summed E-state index contributed by atoms with van der Waals surface area (Å²) >= 11 is 0. The van der Waals surface area contributed by atoms with Gasteiger partial charge in [0.05, 0.1) is 54.8 Å². The molecule has 248 valence electrons. The van der Waals surface area contributed by atoms with Crippen LogP contribution in [-0.4, -0.2) is 92.1 Å². The minimum atomic E-state index is -0.676. The fourth-order valence-electron chi connectivity index (χ4n) is 5.43. The van der Waals surface area contributed by atoms with Gasteiger partial charge in [-0.25, -0.2) is 14.1 Å². The zero-order chi connectivity index (χ0) is 33.3. The lowest BCUT2D eigenvalue weighted by molar-refractivity contribution is 0.0946. The van der Waals surface area contributed by atoms with Gasteiger partial charge in [0.1, 0.15) is 17.4 Å². The van der Waals surface area contributed by atoms with Crippen molar-refractivity contribution in [1.82, 2.24) is 25.0 Å². The topological polar surface area (TPSA) is 149 Å². The van der Waals surface area contributed by atoms with Gasteiger partial charge in [0.2, 0.25) is 0 Å². The van der Waals surface area contributed by atoms with Gasteiger partial charge in [-0.1, -0.05) is 12.1 Å². The smallest absolute Gasteiger partial charge is 0.269 e. The van der Waals surface area contributed by atoms with Crippen LogP contribution in [0.4, 0.5) is 21.6 Å². The Morgan fingerprint density at radius 1 is 0.979 bits per heavy atom. The van der Waals surface area contributed by atoms with Gasteiger partial charge in [-0.3, -0.25) is 14.5 Å².